The number of aryl methyl sites for hydroxylation is 2. The van der Waals surface area contributed by atoms with Crippen LogP contribution in [0.2, 0.25) is 0 Å². The summed E-state index contributed by atoms with van der Waals surface area (Å²) in [6.07, 6.45) is 4.81. The molecule has 1 aromatic heterocycles. The molecule has 0 fully saturated rings. The van der Waals surface area contributed by atoms with Gasteiger partial charge in [0.1, 0.15) is 11.6 Å². The van der Waals surface area contributed by atoms with Crippen LogP contribution >= 0.6 is 0 Å². The van der Waals surface area contributed by atoms with Crippen LogP contribution in [-0.2, 0) is 25.9 Å². The van der Waals surface area contributed by atoms with Gasteiger partial charge in [0.15, 0.2) is 0 Å². The molecule has 21 heavy (non-hydrogen) atoms. The Morgan fingerprint density at radius 3 is 2.86 bits per heavy atom. The number of nitrogens with zero attached hydrogens (tertiary/aromatic N) is 2. The predicted molar refractivity (Wildman–Crippen MR) is 83.6 cm³/mol. The lowest BCUT2D eigenvalue weighted by atomic mass is 10.0. The van der Waals surface area contributed by atoms with E-state index >= 15 is 0 Å². The Hall–Kier alpha value is -1.81. The number of nitrogens with two attached hydrogens (primary N) is 1. The number of rotatable bonds is 4. The first-order chi connectivity index (χ1) is 10.2. The third kappa shape index (κ3) is 2.68. The molecule has 0 amide bonds. The van der Waals surface area contributed by atoms with Crippen molar-refractivity contribution in [2.24, 2.45) is 5.73 Å². The summed E-state index contributed by atoms with van der Waals surface area (Å²) in [5.41, 5.74) is 10.7. The molecular weight excluding hydrogens is 262 g/mol. The van der Waals surface area contributed by atoms with E-state index in [0.717, 1.165) is 36.5 Å². The standard InChI is InChI=1S/C17H23N3O/c1-12-19-15-5-3-4-6-16(15)20(12)11-13-7-8-14(10-18)17(9-13)21-2/h7-9H,3-6,10-11,18H2,1-2H3. The van der Waals surface area contributed by atoms with Gasteiger partial charge in [-0.25, -0.2) is 4.98 Å². The van der Waals surface area contributed by atoms with E-state index in [0.29, 0.717) is 6.54 Å². The zero-order chi connectivity index (χ0) is 14.8. The molecule has 2 aromatic rings. The summed E-state index contributed by atoms with van der Waals surface area (Å²) in [5.74, 6) is 1.99. The van der Waals surface area contributed by atoms with E-state index in [-0.39, 0.29) is 0 Å². The highest BCUT2D eigenvalue weighted by Crippen LogP contribution is 2.25. The zero-order valence-electron chi connectivity index (χ0n) is 12.9. The molecule has 0 saturated carbocycles. The fourth-order valence-corrected chi connectivity index (χ4v) is 3.18. The van der Waals surface area contributed by atoms with Gasteiger partial charge >= 0.3 is 0 Å². The molecule has 0 aliphatic heterocycles. The fourth-order valence-electron chi connectivity index (χ4n) is 3.18. The van der Waals surface area contributed by atoms with Crippen molar-refractivity contribution >= 4 is 0 Å². The van der Waals surface area contributed by atoms with Crippen LogP contribution in [0.25, 0.3) is 0 Å². The second-order valence-electron chi connectivity index (χ2n) is 5.70. The SMILES string of the molecule is COc1cc(Cn2c(C)nc3c2CCCC3)ccc1CN. The van der Waals surface area contributed by atoms with Crippen LogP contribution in [0.5, 0.6) is 5.75 Å². The van der Waals surface area contributed by atoms with Crippen LogP contribution in [0.15, 0.2) is 18.2 Å². The lowest BCUT2D eigenvalue weighted by Crippen LogP contribution is -2.10. The molecule has 0 unspecified atom stereocenters. The summed E-state index contributed by atoms with van der Waals surface area (Å²) in [4.78, 5) is 4.74. The van der Waals surface area contributed by atoms with E-state index < -0.39 is 0 Å². The van der Waals surface area contributed by atoms with Crippen LogP contribution in [0.3, 0.4) is 0 Å². The van der Waals surface area contributed by atoms with Crippen LogP contribution in [0, 0.1) is 6.92 Å². The first-order valence-corrected chi connectivity index (χ1v) is 7.63. The molecule has 1 aromatic carbocycles. The molecule has 4 heteroatoms. The summed E-state index contributed by atoms with van der Waals surface area (Å²) in [6, 6.07) is 6.29. The van der Waals surface area contributed by atoms with Gasteiger partial charge < -0.3 is 15.0 Å². The van der Waals surface area contributed by atoms with Gasteiger partial charge in [-0.2, -0.15) is 0 Å². The zero-order valence-corrected chi connectivity index (χ0v) is 12.9. The van der Waals surface area contributed by atoms with Crippen molar-refractivity contribution in [3.8, 4) is 5.75 Å². The van der Waals surface area contributed by atoms with E-state index in [2.05, 4.69) is 29.7 Å². The van der Waals surface area contributed by atoms with Gasteiger partial charge in [0.2, 0.25) is 0 Å². The second-order valence-corrected chi connectivity index (χ2v) is 5.70. The number of methoxy groups -OCH3 is 1. The summed E-state index contributed by atoms with van der Waals surface area (Å²) in [5, 5.41) is 0. The molecular formula is C17H23N3O. The molecule has 2 N–H and O–H groups in total. The molecule has 1 aliphatic rings. The predicted octanol–water partition coefficient (Wildman–Crippen LogP) is 2.59. The molecule has 0 atom stereocenters. The van der Waals surface area contributed by atoms with Gasteiger partial charge in [-0.3, -0.25) is 0 Å². The normalized spacial score (nSPS) is 14.0. The lowest BCUT2D eigenvalue weighted by molar-refractivity contribution is 0.409. The monoisotopic (exact) mass is 285 g/mol. The number of ether oxygens (including phenoxy) is 1. The Morgan fingerprint density at radius 2 is 2.10 bits per heavy atom. The largest absolute Gasteiger partial charge is 0.496 e. The van der Waals surface area contributed by atoms with Crippen LogP contribution in [0.4, 0.5) is 0 Å². The van der Waals surface area contributed by atoms with Crippen molar-refractivity contribution in [2.45, 2.75) is 45.7 Å². The molecule has 0 bridgehead atoms. The minimum absolute atomic E-state index is 0.503. The third-order valence-corrected chi connectivity index (χ3v) is 4.34. The number of hydrogen-bond donors (Lipinski definition) is 1. The van der Waals surface area contributed by atoms with Crippen molar-refractivity contribution in [2.75, 3.05) is 7.11 Å². The number of imidazole rings is 1. The molecule has 4 nitrogen and oxygen atoms in total. The Morgan fingerprint density at radius 1 is 1.29 bits per heavy atom. The molecule has 3 rings (SSSR count). The Labute approximate surface area is 125 Å². The fraction of sp³-hybridized carbons (Fsp3) is 0.471. The highest BCUT2D eigenvalue weighted by atomic mass is 16.5. The van der Waals surface area contributed by atoms with Crippen LogP contribution < -0.4 is 10.5 Å². The molecule has 0 spiro atoms. The quantitative estimate of drug-likeness (QED) is 0.939. The Kier molecular flexibility index (Phi) is 3.97. The van der Waals surface area contributed by atoms with Gasteiger partial charge in [-0.1, -0.05) is 12.1 Å². The lowest BCUT2D eigenvalue weighted by Gasteiger charge is -2.16. The Bertz CT molecular complexity index is 646. The molecule has 1 heterocycles. The van der Waals surface area contributed by atoms with Gasteiger partial charge in [-0.15, -0.1) is 0 Å². The van der Waals surface area contributed by atoms with Gasteiger partial charge in [0, 0.05) is 24.3 Å². The summed E-state index contributed by atoms with van der Waals surface area (Å²) < 4.78 is 7.79. The van der Waals surface area contributed by atoms with E-state index in [9.17, 15) is 0 Å². The van der Waals surface area contributed by atoms with E-state index in [1.54, 1.807) is 7.11 Å². The van der Waals surface area contributed by atoms with E-state index in [4.69, 9.17) is 15.5 Å². The highest BCUT2D eigenvalue weighted by molar-refractivity contribution is 5.38. The van der Waals surface area contributed by atoms with E-state index in [1.807, 2.05) is 0 Å². The van der Waals surface area contributed by atoms with Crippen LogP contribution in [0.1, 0.15) is 41.2 Å². The summed E-state index contributed by atoms with van der Waals surface area (Å²) in [7, 11) is 1.70. The maximum atomic E-state index is 5.73. The van der Waals surface area contributed by atoms with Crippen molar-refractivity contribution in [3.63, 3.8) is 0 Å². The smallest absolute Gasteiger partial charge is 0.123 e. The minimum Gasteiger partial charge on any atom is -0.496 e. The van der Waals surface area contributed by atoms with Crippen molar-refractivity contribution < 1.29 is 4.74 Å². The number of fused-ring (bicyclic) bond motifs is 1. The van der Waals surface area contributed by atoms with Gasteiger partial charge in [0.25, 0.3) is 0 Å². The summed E-state index contributed by atoms with van der Waals surface area (Å²) in [6.45, 7) is 3.46. The van der Waals surface area contributed by atoms with E-state index in [1.165, 1.54) is 29.8 Å². The maximum Gasteiger partial charge on any atom is 0.123 e. The average Bonchev–Trinajstić information content (AvgIpc) is 2.83. The minimum atomic E-state index is 0.503. The van der Waals surface area contributed by atoms with Crippen LogP contribution in [-0.4, -0.2) is 16.7 Å². The second kappa shape index (κ2) is 5.90. The Balaban J connectivity index is 1.92. The average molecular weight is 285 g/mol. The highest BCUT2D eigenvalue weighted by Gasteiger charge is 2.18. The topological polar surface area (TPSA) is 53.1 Å². The number of benzene rings is 1. The molecule has 1 aliphatic carbocycles. The molecule has 0 radical (unpaired) electrons. The first kappa shape index (κ1) is 14.1. The van der Waals surface area contributed by atoms with Crippen molar-refractivity contribution in [1.29, 1.82) is 0 Å². The molecule has 112 valence electrons. The summed E-state index contributed by atoms with van der Waals surface area (Å²) >= 11 is 0. The van der Waals surface area contributed by atoms with Gasteiger partial charge in [0.05, 0.1) is 12.8 Å². The molecule has 0 saturated heterocycles. The number of hydrogen-bond acceptors (Lipinski definition) is 3. The maximum absolute atomic E-state index is 5.73. The number of aromatic nitrogens is 2. The van der Waals surface area contributed by atoms with Gasteiger partial charge in [-0.05, 0) is 44.2 Å². The third-order valence-electron chi connectivity index (χ3n) is 4.34. The van der Waals surface area contributed by atoms with Crippen molar-refractivity contribution in [1.82, 2.24) is 9.55 Å². The van der Waals surface area contributed by atoms with Crippen molar-refractivity contribution in [3.05, 3.63) is 46.5 Å². The first-order valence-electron chi connectivity index (χ1n) is 7.63.